The SMILES string of the molecule is Cc1nnc([C@H]2CC(F)CN2)n1Cc1ccc(Cl)cc1.Cc1nnc([C@H]2CC(F)CN2C(=O)Nc2ccc(Cl)cc2F)n1Cc1ccc(Cl)cc1.Cc1nnc([C@H]2CC(F)CN2C(=O)OC(C)(C)C)n1Cc1ccc(Cl)cc1.Cc1nnc([C@H]2C[C@@H](O)CN2C(=O)OC(C)(C)C)n1Cc1ccc(Cl)cc1.Cl.O=C=Nc1ccc(Cl)cc1F. The molecular formula is C80H88Cl7F5N18O7. The van der Waals surface area contributed by atoms with E-state index in [1.165, 1.54) is 45.0 Å². The van der Waals surface area contributed by atoms with Crippen LogP contribution in [-0.4, -0.2) is 165 Å². The normalized spacial score (nSPS) is 18.8. The van der Waals surface area contributed by atoms with E-state index in [0.29, 0.717) is 94.8 Å². The first kappa shape index (κ1) is 91.6. The molecule has 117 heavy (non-hydrogen) atoms. The number of halogens is 12. The molecule has 4 saturated heterocycles. The molecule has 3 N–H and O–H groups in total. The van der Waals surface area contributed by atoms with Crippen LogP contribution < -0.4 is 10.6 Å². The van der Waals surface area contributed by atoms with Crippen molar-refractivity contribution in [2.45, 2.75) is 181 Å². The van der Waals surface area contributed by atoms with E-state index in [9.17, 15) is 46.2 Å². The molecule has 0 radical (unpaired) electrons. The molecule has 0 spiro atoms. The molecule has 14 rings (SSSR count). The van der Waals surface area contributed by atoms with Crippen LogP contribution in [0.25, 0.3) is 0 Å². The number of hydrogen-bond donors (Lipinski definition) is 3. The molecule has 4 aliphatic rings. The number of nitrogens with one attached hydrogen (secondary N) is 2. The van der Waals surface area contributed by atoms with Crippen molar-refractivity contribution in [3.8, 4) is 0 Å². The lowest BCUT2D eigenvalue weighted by Gasteiger charge is -2.28. The van der Waals surface area contributed by atoms with Gasteiger partial charge in [0.05, 0.1) is 81.8 Å². The number of aliphatic hydroxyl groups excluding tert-OH is 1. The van der Waals surface area contributed by atoms with Gasteiger partial charge in [0.15, 0.2) is 29.1 Å². The van der Waals surface area contributed by atoms with Gasteiger partial charge in [-0.3, -0.25) is 9.80 Å². The van der Waals surface area contributed by atoms with Gasteiger partial charge in [0.1, 0.15) is 64.5 Å². The lowest BCUT2D eigenvalue weighted by Crippen LogP contribution is -2.38. The number of isocyanates is 1. The van der Waals surface area contributed by atoms with Gasteiger partial charge in [0.25, 0.3) is 0 Å². The Kier molecular flexibility index (Phi) is 32.0. The Morgan fingerprint density at radius 3 is 1.19 bits per heavy atom. The van der Waals surface area contributed by atoms with Crippen molar-refractivity contribution in [1.29, 1.82) is 0 Å². The van der Waals surface area contributed by atoms with Crippen LogP contribution in [0.2, 0.25) is 30.1 Å². The third-order valence-corrected chi connectivity index (χ3v) is 20.2. The lowest BCUT2D eigenvalue weighted by atomic mass is 10.1. The molecule has 3 unspecified atom stereocenters. The predicted molar refractivity (Wildman–Crippen MR) is 439 cm³/mol. The number of carbonyl (C=O) groups is 3. The number of likely N-dealkylation sites (tertiary alicyclic amines) is 3. The number of benzene rings is 6. The fourth-order valence-electron chi connectivity index (χ4n) is 13.1. The summed E-state index contributed by atoms with van der Waals surface area (Å²) in [7, 11) is 0. The standard InChI is InChI=1S/C21H19Cl2F2N5O.C19H24ClFN4O2.C19H25ClN4O3.C14H16ClFN4.C7H3ClFNO.ClH/c1-12-27-28-20(29(12)10-13-2-4-14(22)5-3-13)19-9-16(24)11-30(19)21(31)26-18-7-6-15(23)8-17(18)25;1-12-22-23-17(24(12)10-13-5-7-14(20)8-6-13)16-9-15(21)11-25(16)18(26)27-19(2,3)4;1-12-21-22-17(23(12)10-13-5-7-14(20)8-6-13)16-9-15(25)11-24(16)18(26)27-19(2,3)4;1-9-18-19-14(13-6-12(16)7-17-13)20(9)8-10-2-4-11(15)5-3-10;8-5-1-2-7(10-4-11)6(9)3-5;/h2-8,16,19H,9-11H2,1H3,(H,26,31);5-8,15-16H,9-11H2,1-4H3;5-8,15-16,25H,9-11H2,1-4H3;2-5,12-13,17H,6-8H2,1H3;1-3H;1H/t16?,19-;15?,16-;15-,16-;12?,13-;;/m1111../s1. The summed E-state index contributed by atoms with van der Waals surface area (Å²) in [4.78, 5) is 55.2. The maximum Gasteiger partial charge on any atom is 0.411 e. The molecule has 0 saturated carbocycles. The second kappa shape index (κ2) is 40.9. The van der Waals surface area contributed by atoms with E-state index in [1.807, 2.05) is 145 Å². The van der Waals surface area contributed by atoms with Crippen LogP contribution >= 0.6 is 82.0 Å². The van der Waals surface area contributed by atoms with Crippen LogP contribution in [-0.2, 0) is 40.4 Å². The molecule has 37 heteroatoms. The molecule has 25 nitrogen and oxygen atoms in total. The van der Waals surface area contributed by atoms with Crippen molar-refractivity contribution in [1.82, 2.24) is 79.1 Å². The summed E-state index contributed by atoms with van der Waals surface area (Å²) < 4.78 is 87.4. The van der Waals surface area contributed by atoms with Gasteiger partial charge in [-0.15, -0.1) is 53.2 Å². The van der Waals surface area contributed by atoms with Crippen molar-refractivity contribution in [3.05, 3.63) is 244 Å². The largest absolute Gasteiger partial charge is 0.444 e. The molecule has 10 aromatic rings. The number of hydrogen-bond acceptors (Lipinski definition) is 17. The van der Waals surface area contributed by atoms with Crippen LogP contribution in [0.3, 0.4) is 0 Å². The predicted octanol–water partition coefficient (Wildman–Crippen LogP) is 18.6. The van der Waals surface area contributed by atoms with Crippen molar-refractivity contribution in [3.63, 3.8) is 0 Å². The maximum absolute atomic E-state index is 14.4. The number of aryl methyl sites for hydroxylation is 4. The number of amides is 4. The first-order valence-corrected chi connectivity index (χ1v) is 39.2. The molecule has 4 amide bonds. The number of nitrogens with zero attached hydrogens (tertiary/aromatic N) is 16. The average Bonchev–Trinajstić information content (AvgIpc) is 1.65. The van der Waals surface area contributed by atoms with Crippen LogP contribution in [0, 0.1) is 39.3 Å². The van der Waals surface area contributed by atoms with Gasteiger partial charge in [-0.1, -0.05) is 118 Å². The Hall–Kier alpha value is -9.33. The Morgan fingerprint density at radius 1 is 0.479 bits per heavy atom. The molecule has 4 fully saturated rings. The Morgan fingerprint density at radius 2 is 0.821 bits per heavy atom. The molecule has 8 atom stereocenters. The minimum atomic E-state index is -1.23. The quantitative estimate of drug-likeness (QED) is 0.0518. The lowest BCUT2D eigenvalue weighted by molar-refractivity contribution is 0.0193. The first-order chi connectivity index (χ1) is 55.0. The molecule has 4 aromatic heterocycles. The minimum absolute atomic E-state index is 0. The van der Waals surface area contributed by atoms with Crippen LogP contribution in [0.5, 0.6) is 0 Å². The summed E-state index contributed by atoms with van der Waals surface area (Å²) in [5, 5.41) is 52.6. The Balaban J connectivity index is 0.000000171. The highest BCUT2D eigenvalue weighted by Crippen LogP contribution is 2.38. The van der Waals surface area contributed by atoms with Gasteiger partial charge in [0, 0.05) is 62.4 Å². The number of ether oxygens (including phenoxy) is 2. The number of aliphatic imine (C=N–C) groups is 1. The zero-order valence-corrected chi connectivity index (χ0v) is 70.8. The number of carbonyl (C=O) groups excluding carboxylic acids is 4. The first-order valence-electron chi connectivity index (χ1n) is 36.9. The summed E-state index contributed by atoms with van der Waals surface area (Å²) in [6, 6.07) is 35.6. The van der Waals surface area contributed by atoms with Crippen LogP contribution in [0.1, 0.15) is 160 Å². The van der Waals surface area contributed by atoms with E-state index in [-0.39, 0.29) is 78.4 Å². The second-order valence-electron chi connectivity index (χ2n) is 29.9. The number of rotatable bonds is 14. The van der Waals surface area contributed by atoms with Gasteiger partial charge >= 0.3 is 18.2 Å². The summed E-state index contributed by atoms with van der Waals surface area (Å²) in [6.07, 6.45) is -2.42. The van der Waals surface area contributed by atoms with E-state index in [4.69, 9.17) is 79.1 Å². The highest BCUT2D eigenvalue weighted by Gasteiger charge is 2.44. The molecule has 6 aromatic carbocycles. The number of anilines is 1. The second-order valence-corrected chi connectivity index (χ2v) is 32.6. The molecule has 0 aliphatic carbocycles. The third kappa shape index (κ3) is 25.4. The van der Waals surface area contributed by atoms with E-state index >= 15 is 0 Å². The Bertz CT molecular complexity index is 4930. The zero-order valence-electron chi connectivity index (χ0n) is 65.4. The maximum atomic E-state index is 14.4. The average molecular weight is 1760 g/mol. The third-order valence-electron chi connectivity index (χ3n) is 18.7. The minimum Gasteiger partial charge on any atom is -0.444 e. The molecule has 4 aliphatic heterocycles. The van der Waals surface area contributed by atoms with Gasteiger partial charge in [0.2, 0.25) is 6.08 Å². The van der Waals surface area contributed by atoms with Gasteiger partial charge in [-0.05, 0) is 176 Å². The number of alkyl halides is 3. The van der Waals surface area contributed by atoms with Crippen molar-refractivity contribution in [2.24, 2.45) is 4.99 Å². The van der Waals surface area contributed by atoms with Crippen molar-refractivity contribution >= 4 is 118 Å². The summed E-state index contributed by atoms with van der Waals surface area (Å²) in [5.41, 5.74) is 2.80. The zero-order chi connectivity index (χ0) is 84.0. The van der Waals surface area contributed by atoms with Crippen molar-refractivity contribution in [2.75, 3.05) is 31.5 Å². The highest BCUT2D eigenvalue weighted by molar-refractivity contribution is 6.32. The van der Waals surface area contributed by atoms with E-state index in [2.05, 4.69) is 56.4 Å². The Labute approximate surface area is 709 Å². The monoisotopic (exact) mass is 1750 g/mol. The van der Waals surface area contributed by atoms with E-state index in [1.54, 1.807) is 39.8 Å². The van der Waals surface area contributed by atoms with Crippen LogP contribution in [0.4, 0.5) is 47.7 Å². The fraction of sp³-hybridized carbons (Fsp3) is 0.400. The van der Waals surface area contributed by atoms with Gasteiger partial charge < -0.3 is 48.4 Å². The fourth-order valence-corrected chi connectivity index (χ4v) is 14.0. The van der Waals surface area contributed by atoms with Gasteiger partial charge in [-0.25, -0.2) is 41.1 Å². The summed E-state index contributed by atoms with van der Waals surface area (Å²) in [6.45, 7) is 20.9. The number of urea groups is 1. The molecule has 624 valence electrons. The molecular weight excluding hydrogens is 1670 g/mol. The summed E-state index contributed by atoms with van der Waals surface area (Å²) >= 11 is 35.0. The number of aromatic nitrogens is 12. The van der Waals surface area contributed by atoms with E-state index < -0.39 is 77.8 Å². The molecule has 8 heterocycles. The highest BCUT2D eigenvalue weighted by atomic mass is 35.5. The topological polar surface area (TPSA) is 276 Å². The number of aliphatic hydroxyl groups is 1. The smallest absolute Gasteiger partial charge is 0.411 e. The van der Waals surface area contributed by atoms with Crippen LogP contribution in [0.15, 0.2) is 138 Å². The van der Waals surface area contributed by atoms with E-state index in [0.717, 1.165) is 51.9 Å². The van der Waals surface area contributed by atoms with Crippen molar-refractivity contribution < 1.29 is 55.7 Å². The molecule has 0 bridgehead atoms. The number of β-amino-alcohol motifs (C(OH)–C–C–N with tert-alkyl or cyclic N) is 1. The van der Waals surface area contributed by atoms with Gasteiger partial charge in [-0.2, -0.15) is 4.99 Å². The summed E-state index contributed by atoms with van der Waals surface area (Å²) in [5.74, 6) is 4.10.